The van der Waals surface area contributed by atoms with Crippen molar-refractivity contribution in [2.24, 2.45) is 17.3 Å². The summed E-state index contributed by atoms with van der Waals surface area (Å²) in [5, 5.41) is 0. The van der Waals surface area contributed by atoms with Gasteiger partial charge in [0, 0.05) is 5.92 Å². The minimum atomic E-state index is -0.312. The third-order valence-corrected chi connectivity index (χ3v) is 3.02. The largest absolute Gasteiger partial charge is 0.469 e. The van der Waals surface area contributed by atoms with Gasteiger partial charge in [-0.15, -0.1) is 11.6 Å². The fourth-order valence-electron chi connectivity index (χ4n) is 1.89. The van der Waals surface area contributed by atoms with Gasteiger partial charge in [-0.25, -0.2) is 0 Å². The van der Waals surface area contributed by atoms with Crippen LogP contribution in [0.25, 0.3) is 0 Å². The van der Waals surface area contributed by atoms with Gasteiger partial charge in [0.05, 0.1) is 18.9 Å². The molecule has 0 N–H and O–H groups in total. The van der Waals surface area contributed by atoms with Crippen LogP contribution in [0, 0.1) is 17.3 Å². The molecule has 1 aliphatic carbocycles. The van der Waals surface area contributed by atoms with Crippen LogP contribution in [0.2, 0.25) is 0 Å². The van der Waals surface area contributed by atoms with Gasteiger partial charge in [-0.05, 0) is 5.41 Å². The molecule has 0 saturated heterocycles. The predicted molar refractivity (Wildman–Crippen MR) is 48.5 cm³/mol. The van der Waals surface area contributed by atoms with Crippen LogP contribution in [0.5, 0.6) is 0 Å². The van der Waals surface area contributed by atoms with Crippen LogP contribution in [0.1, 0.15) is 13.8 Å². The standard InChI is InChI=1S/C9H13ClO3/c1-9(2)6(5(11)4-10)7(9)8(12)13-3/h6-7H,4H2,1-3H3/t6-,7-/m0/s1. The van der Waals surface area contributed by atoms with Crippen LogP contribution in [0.15, 0.2) is 0 Å². The van der Waals surface area contributed by atoms with E-state index in [1.54, 1.807) is 0 Å². The lowest BCUT2D eigenvalue weighted by molar-refractivity contribution is -0.143. The van der Waals surface area contributed by atoms with Crippen LogP contribution in [-0.4, -0.2) is 24.7 Å². The summed E-state index contributed by atoms with van der Waals surface area (Å²) in [6.45, 7) is 3.76. The molecule has 0 radical (unpaired) electrons. The van der Waals surface area contributed by atoms with E-state index in [4.69, 9.17) is 11.6 Å². The quantitative estimate of drug-likeness (QED) is 0.513. The summed E-state index contributed by atoms with van der Waals surface area (Å²) in [6, 6.07) is 0. The third kappa shape index (κ3) is 1.57. The van der Waals surface area contributed by atoms with Crippen molar-refractivity contribution in [2.75, 3.05) is 13.0 Å². The fraction of sp³-hybridized carbons (Fsp3) is 0.778. The van der Waals surface area contributed by atoms with Crippen LogP contribution in [0.4, 0.5) is 0 Å². The number of ketones is 1. The Balaban J connectivity index is 2.71. The Labute approximate surface area is 82.4 Å². The Morgan fingerprint density at radius 3 is 2.31 bits per heavy atom. The maximum atomic E-state index is 11.3. The molecule has 1 aliphatic rings. The van der Waals surface area contributed by atoms with Crippen molar-refractivity contribution < 1.29 is 14.3 Å². The van der Waals surface area contributed by atoms with E-state index < -0.39 is 0 Å². The minimum absolute atomic E-state index is 0.0262. The molecule has 1 fully saturated rings. The molecule has 74 valence electrons. The summed E-state index contributed by atoms with van der Waals surface area (Å²) >= 11 is 5.43. The first-order chi connectivity index (χ1) is 5.96. The van der Waals surface area contributed by atoms with Gasteiger partial charge in [0.2, 0.25) is 0 Å². The molecule has 13 heavy (non-hydrogen) atoms. The van der Waals surface area contributed by atoms with Crippen molar-refractivity contribution in [2.45, 2.75) is 13.8 Å². The highest BCUT2D eigenvalue weighted by Crippen LogP contribution is 2.59. The highest BCUT2D eigenvalue weighted by atomic mass is 35.5. The molecule has 4 heteroatoms. The maximum Gasteiger partial charge on any atom is 0.309 e. The molecule has 3 nitrogen and oxygen atoms in total. The molecule has 0 unspecified atom stereocenters. The molecule has 0 spiro atoms. The molecule has 0 bridgehead atoms. The number of esters is 1. The molecule has 0 amide bonds. The first-order valence-electron chi connectivity index (χ1n) is 4.13. The summed E-state index contributed by atoms with van der Waals surface area (Å²) in [5.41, 5.74) is -0.279. The SMILES string of the molecule is COC(=O)[C@@H]1[C@H](C(=O)CCl)C1(C)C. The minimum Gasteiger partial charge on any atom is -0.469 e. The Morgan fingerprint density at radius 2 is 1.92 bits per heavy atom. The van der Waals surface area contributed by atoms with Crippen LogP contribution in [-0.2, 0) is 14.3 Å². The van der Waals surface area contributed by atoms with Gasteiger partial charge in [-0.1, -0.05) is 13.8 Å². The number of ether oxygens (including phenoxy) is 1. The second-order valence-corrected chi connectivity index (χ2v) is 4.17. The van der Waals surface area contributed by atoms with E-state index in [0.717, 1.165) is 0 Å². The lowest BCUT2D eigenvalue weighted by Crippen LogP contribution is -2.10. The van der Waals surface area contributed by atoms with E-state index in [1.165, 1.54) is 7.11 Å². The average molecular weight is 205 g/mol. The second-order valence-electron chi connectivity index (χ2n) is 3.90. The molecule has 0 aromatic heterocycles. The summed E-state index contributed by atoms with van der Waals surface area (Å²) < 4.78 is 4.60. The number of hydrogen-bond acceptors (Lipinski definition) is 3. The molecule has 0 aliphatic heterocycles. The summed E-state index contributed by atoms with van der Waals surface area (Å²) in [6.07, 6.45) is 0. The van der Waals surface area contributed by atoms with E-state index >= 15 is 0 Å². The Kier molecular flexibility index (Phi) is 2.66. The zero-order valence-corrected chi connectivity index (χ0v) is 8.72. The molecule has 2 atom stereocenters. The Hall–Kier alpha value is -0.570. The maximum absolute atomic E-state index is 11.3. The molecule has 1 saturated carbocycles. The highest BCUT2D eigenvalue weighted by molar-refractivity contribution is 6.28. The number of alkyl halides is 1. The number of hydrogen-bond donors (Lipinski definition) is 0. The lowest BCUT2D eigenvalue weighted by atomic mass is 10.1. The van der Waals surface area contributed by atoms with E-state index in [0.29, 0.717) is 0 Å². The van der Waals surface area contributed by atoms with Gasteiger partial charge < -0.3 is 4.74 Å². The number of carbonyl (C=O) groups is 2. The fourth-order valence-corrected chi connectivity index (χ4v) is 2.05. The Bertz CT molecular complexity index is 223. The third-order valence-electron chi connectivity index (χ3n) is 2.76. The van der Waals surface area contributed by atoms with Crippen molar-refractivity contribution in [3.05, 3.63) is 0 Å². The van der Waals surface area contributed by atoms with Crippen molar-refractivity contribution >= 4 is 23.4 Å². The lowest BCUT2D eigenvalue weighted by Gasteiger charge is -1.99. The number of methoxy groups -OCH3 is 1. The van der Waals surface area contributed by atoms with Crippen molar-refractivity contribution in [1.82, 2.24) is 0 Å². The molecular weight excluding hydrogens is 192 g/mol. The first kappa shape index (κ1) is 10.5. The second kappa shape index (κ2) is 3.29. The topological polar surface area (TPSA) is 43.4 Å². The van der Waals surface area contributed by atoms with Gasteiger partial charge >= 0.3 is 5.97 Å². The van der Waals surface area contributed by atoms with E-state index in [1.807, 2.05) is 13.8 Å². The van der Waals surface area contributed by atoms with E-state index in [-0.39, 0.29) is 34.9 Å². The molecular formula is C9H13ClO3. The predicted octanol–water partition coefficient (Wildman–Crippen LogP) is 1.24. The molecule has 0 aromatic carbocycles. The number of Topliss-reactive ketones (excluding diaryl/α,β-unsaturated/α-hetero) is 1. The Morgan fingerprint density at radius 1 is 1.38 bits per heavy atom. The molecule has 0 aromatic rings. The van der Waals surface area contributed by atoms with Gasteiger partial charge in [-0.2, -0.15) is 0 Å². The highest BCUT2D eigenvalue weighted by Gasteiger charge is 2.65. The number of rotatable bonds is 3. The zero-order chi connectivity index (χ0) is 10.2. The van der Waals surface area contributed by atoms with E-state index in [9.17, 15) is 9.59 Å². The van der Waals surface area contributed by atoms with Crippen molar-refractivity contribution in [3.63, 3.8) is 0 Å². The monoisotopic (exact) mass is 204 g/mol. The van der Waals surface area contributed by atoms with Crippen molar-refractivity contribution in [3.8, 4) is 0 Å². The van der Waals surface area contributed by atoms with Gasteiger partial charge in [0.1, 0.15) is 0 Å². The van der Waals surface area contributed by atoms with Crippen LogP contribution < -0.4 is 0 Å². The van der Waals surface area contributed by atoms with E-state index in [2.05, 4.69) is 4.74 Å². The van der Waals surface area contributed by atoms with Gasteiger partial charge in [0.25, 0.3) is 0 Å². The zero-order valence-electron chi connectivity index (χ0n) is 7.96. The van der Waals surface area contributed by atoms with Crippen molar-refractivity contribution in [1.29, 1.82) is 0 Å². The number of halogens is 1. The normalized spacial score (nSPS) is 29.5. The van der Waals surface area contributed by atoms with Gasteiger partial charge in [0.15, 0.2) is 5.78 Å². The summed E-state index contributed by atoms with van der Waals surface area (Å²) in [5.74, 6) is -0.960. The van der Waals surface area contributed by atoms with Gasteiger partial charge in [-0.3, -0.25) is 9.59 Å². The first-order valence-corrected chi connectivity index (χ1v) is 4.66. The van der Waals surface area contributed by atoms with Crippen LogP contribution in [0.3, 0.4) is 0 Å². The molecule has 0 heterocycles. The summed E-state index contributed by atoms with van der Waals surface area (Å²) in [7, 11) is 1.33. The smallest absolute Gasteiger partial charge is 0.309 e. The molecule has 1 rings (SSSR count). The number of carbonyl (C=O) groups excluding carboxylic acids is 2. The summed E-state index contributed by atoms with van der Waals surface area (Å²) in [4.78, 5) is 22.5. The average Bonchev–Trinajstić information content (AvgIpc) is 2.66. The van der Waals surface area contributed by atoms with Crippen LogP contribution >= 0.6 is 11.6 Å².